The van der Waals surface area contributed by atoms with E-state index < -0.39 is 0 Å². The zero-order valence-corrected chi connectivity index (χ0v) is 9.76. The quantitative estimate of drug-likeness (QED) is 0.764. The van der Waals surface area contributed by atoms with Crippen molar-refractivity contribution in [1.29, 1.82) is 0 Å². The third kappa shape index (κ3) is 1.45. The minimum atomic E-state index is 0.505. The lowest BCUT2D eigenvalue weighted by Gasteiger charge is -2.36. The smallest absolute Gasteiger partial charge is 0.125 e. The van der Waals surface area contributed by atoms with E-state index >= 15 is 0 Å². The maximum atomic E-state index is 6.15. The molecule has 0 spiro atoms. The molecular weight excluding hydrogens is 208 g/mol. The fourth-order valence-corrected chi connectivity index (χ4v) is 3.28. The Balaban J connectivity index is 1.92. The van der Waals surface area contributed by atoms with Gasteiger partial charge in [0.05, 0.1) is 11.7 Å². The zero-order valence-electron chi connectivity index (χ0n) is 8.94. The van der Waals surface area contributed by atoms with Crippen LogP contribution in [0.4, 0.5) is 5.82 Å². The molecule has 1 fully saturated rings. The van der Waals surface area contributed by atoms with Crippen molar-refractivity contribution in [1.82, 2.24) is 14.7 Å². The molecule has 0 bridgehead atoms. The monoisotopic (exact) mass is 224 g/mol. The molecule has 4 nitrogen and oxygen atoms in total. The summed E-state index contributed by atoms with van der Waals surface area (Å²) in [7, 11) is 2.13. The number of aromatic nitrogens is 2. The first-order valence-corrected chi connectivity index (χ1v) is 6.53. The van der Waals surface area contributed by atoms with Crippen LogP contribution >= 0.6 is 11.8 Å². The second kappa shape index (κ2) is 3.42. The van der Waals surface area contributed by atoms with Gasteiger partial charge in [-0.3, -0.25) is 0 Å². The molecule has 5 heteroatoms. The van der Waals surface area contributed by atoms with Gasteiger partial charge in [-0.15, -0.1) is 0 Å². The first-order valence-electron chi connectivity index (χ1n) is 5.37. The Hall–Kier alpha value is -0.680. The number of nitrogens with zero attached hydrogens (tertiary/aromatic N) is 3. The molecule has 82 valence electrons. The SMILES string of the molecule is CN1CC(n2nc3c(c2N)CCSC3)C1. The van der Waals surface area contributed by atoms with E-state index in [2.05, 4.69) is 21.7 Å². The van der Waals surface area contributed by atoms with Crippen LogP contribution in [-0.4, -0.2) is 40.6 Å². The molecule has 1 aromatic heterocycles. The fourth-order valence-electron chi connectivity index (χ4n) is 2.36. The number of rotatable bonds is 1. The van der Waals surface area contributed by atoms with E-state index in [1.54, 1.807) is 0 Å². The van der Waals surface area contributed by atoms with Gasteiger partial charge in [-0.25, -0.2) is 4.68 Å². The molecule has 2 N–H and O–H groups in total. The third-order valence-electron chi connectivity index (χ3n) is 3.26. The van der Waals surface area contributed by atoms with Gasteiger partial charge in [0.15, 0.2) is 0 Å². The van der Waals surface area contributed by atoms with E-state index in [0.717, 1.165) is 31.1 Å². The Labute approximate surface area is 93.8 Å². The van der Waals surface area contributed by atoms with Crippen LogP contribution in [0.1, 0.15) is 17.3 Å². The van der Waals surface area contributed by atoms with Gasteiger partial charge in [-0.1, -0.05) is 0 Å². The lowest BCUT2D eigenvalue weighted by molar-refractivity contribution is 0.132. The average Bonchev–Trinajstić information content (AvgIpc) is 2.52. The largest absolute Gasteiger partial charge is 0.384 e. The molecule has 2 aliphatic rings. The molecule has 15 heavy (non-hydrogen) atoms. The molecule has 1 saturated heterocycles. The highest BCUT2D eigenvalue weighted by molar-refractivity contribution is 7.98. The Morgan fingerprint density at radius 2 is 2.27 bits per heavy atom. The van der Waals surface area contributed by atoms with E-state index in [0.29, 0.717) is 6.04 Å². The van der Waals surface area contributed by atoms with Crippen molar-refractivity contribution in [3.05, 3.63) is 11.3 Å². The van der Waals surface area contributed by atoms with Crippen LogP contribution in [0.5, 0.6) is 0 Å². The molecule has 0 saturated carbocycles. The summed E-state index contributed by atoms with van der Waals surface area (Å²) < 4.78 is 2.05. The number of anilines is 1. The van der Waals surface area contributed by atoms with Crippen molar-refractivity contribution >= 4 is 17.6 Å². The topological polar surface area (TPSA) is 47.1 Å². The number of thioether (sulfide) groups is 1. The number of hydrogen-bond acceptors (Lipinski definition) is 4. The van der Waals surface area contributed by atoms with Gasteiger partial charge in [0, 0.05) is 24.4 Å². The normalized spacial score (nSPS) is 22.5. The number of nitrogen functional groups attached to an aromatic ring is 1. The molecule has 3 heterocycles. The molecule has 2 aliphatic heterocycles. The Morgan fingerprint density at radius 1 is 1.47 bits per heavy atom. The molecule has 0 aromatic carbocycles. The standard InChI is InChI=1S/C10H16N4S/c1-13-4-7(5-13)14-10(11)8-2-3-15-6-9(8)12-14/h7H,2-6,11H2,1H3. The van der Waals surface area contributed by atoms with Crippen LogP contribution in [0.3, 0.4) is 0 Å². The minimum absolute atomic E-state index is 0.505. The van der Waals surface area contributed by atoms with Gasteiger partial charge in [0.1, 0.15) is 5.82 Å². The van der Waals surface area contributed by atoms with Crippen molar-refractivity contribution in [3.8, 4) is 0 Å². The van der Waals surface area contributed by atoms with Crippen molar-refractivity contribution in [2.24, 2.45) is 0 Å². The second-order valence-electron chi connectivity index (χ2n) is 4.43. The second-order valence-corrected chi connectivity index (χ2v) is 5.54. The number of nitrogens with two attached hydrogens (primary N) is 1. The van der Waals surface area contributed by atoms with Crippen LogP contribution in [0.15, 0.2) is 0 Å². The predicted molar refractivity (Wildman–Crippen MR) is 63.0 cm³/mol. The Kier molecular flexibility index (Phi) is 2.17. The van der Waals surface area contributed by atoms with Crippen molar-refractivity contribution in [2.75, 3.05) is 31.6 Å². The summed E-state index contributed by atoms with van der Waals surface area (Å²) in [6.07, 6.45) is 1.09. The highest BCUT2D eigenvalue weighted by atomic mass is 32.2. The summed E-state index contributed by atoms with van der Waals surface area (Å²) in [4.78, 5) is 2.29. The summed E-state index contributed by atoms with van der Waals surface area (Å²) in [6, 6.07) is 0.505. The number of fused-ring (bicyclic) bond motifs is 1. The predicted octanol–water partition coefficient (Wildman–Crippen LogP) is 0.741. The van der Waals surface area contributed by atoms with Crippen LogP contribution in [0, 0.1) is 0 Å². The molecule has 3 rings (SSSR count). The van der Waals surface area contributed by atoms with Gasteiger partial charge < -0.3 is 10.6 Å². The third-order valence-corrected chi connectivity index (χ3v) is 4.23. The van der Waals surface area contributed by atoms with Crippen molar-refractivity contribution in [2.45, 2.75) is 18.2 Å². The molecule has 0 amide bonds. The van der Waals surface area contributed by atoms with Crippen LogP contribution in [-0.2, 0) is 12.2 Å². The molecule has 0 aliphatic carbocycles. The van der Waals surface area contributed by atoms with E-state index in [9.17, 15) is 0 Å². The summed E-state index contributed by atoms with van der Waals surface area (Å²) in [6.45, 7) is 2.16. The maximum absolute atomic E-state index is 6.15. The average molecular weight is 224 g/mol. The van der Waals surface area contributed by atoms with Gasteiger partial charge >= 0.3 is 0 Å². The van der Waals surface area contributed by atoms with Gasteiger partial charge in [-0.05, 0) is 19.2 Å². The van der Waals surface area contributed by atoms with Gasteiger partial charge in [-0.2, -0.15) is 16.9 Å². The van der Waals surface area contributed by atoms with Gasteiger partial charge in [0.25, 0.3) is 0 Å². The zero-order chi connectivity index (χ0) is 10.4. The fraction of sp³-hybridized carbons (Fsp3) is 0.700. The van der Waals surface area contributed by atoms with Crippen molar-refractivity contribution < 1.29 is 0 Å². The first kappa shape index (κ1) is 9.54. The minimum Gasteiger partial charge on any atom is -0.384 e. The lowest BCUT2D eigenvalue weighted by Crippen LogP contribution is -2.45. The first-order chi connectivity index (χ1) is 7.25. The van der Waals surface area contributed by atoms with Crippen molar-refractivity contribution in [3.63, 3.8) is 0 Å². The van der Waals surface area contributed by atoms with E-state index in [1.807, 2.05) is 11.8 Å². The summed E-state index contributed by atoms with van der Waals surface area (Å²) >= 11 is 1.96. The molecule has 0 unspecified atom stereocenters. The van der Waals surface area contributed by atoms with Crippen LogP contribution < -0.4 is 5.73 Å². The van der Waals surface area contributed by atoms with E-state index in [-0.39, 0.29) is 0 Å². The number of likely N-dealkylation sites (tertiary alicyclic amines) is 1. The Morgan fingerprint density at radius 3 is 2.93 bits per heavy atom. The maximum Gasteiger partial charge on any atom is 0.125 e. The highest BCUT2D eigenvalue weighted by Gasteiger charge is 2.29. The van der Waals surface area contributed by atoms with Crippen LogP contribution in [0.2, 0.25) is 0 Å². The summed E-state index contributed by atoms with van der Waals surface area (Å²) in [5, 5.41) is 4.65. The molecule has 0 atom stereocenters. The van der Waals surface area contributed by atoms with E-state index in [4.69, 9.17) is 5.73 Å². The lowest BCUT2D eigenvalue weighted by atomic mass is 10.1. The van der Waals surface area contributed by atoms with Gasteiger partial charge in [0.2, 0.25) is 0 Å². The summed E-state index contributed by atoms with van der Waals surface area (Å²) in [5.74, 6) is 3.14. The molecular formula is C10H16N4S. The molecule has 1 aromatic rings. The highest BCUT2D eigenvalue weighted by Crippen LogP contribution is 2.31. The molecule has 0 radical (unpaired) electrons. The Bertz CT molecular complexity index is 381. The van der Waals surface area contributed by atoms with E-state index in [1.165, 1.54) is 17.0 Å². The summed E-state index contributed by atoms with van der Waals surface area (Å²) in [5.41, 5.74) is 8.68. The van der Waals surface area contributed by atoms with Crippen LogP contribution in [0.25, 0.3) is 0 Å². The number of hydrogen-bond donors (Lipinski definition) is 1. The number of likely N-dealkylation sites (N-methyl/N-ethyl adjacent to an activating group) is 1.